The van der Waals surface area contributed by atoms with Crippen LogP contribution in [0.15, 0.2) is 4.99 Å². The molecule has 2 aliphatic heterocycles. The number of aliphatic imine (C=N–C) groups is 1. The lowest BCUT2D eigenvalue weighted by atomic mass is 9.98. The number of nitrogens with one attached hydrogen (secondary N) is 1. The first kappa shape index (κ1) is 21.0. The summed E-state index contributed by atoms with van der Waals surface area (Å²) in [5, 5.41) is 13.8. The standard InChI is InChI=1S/C19H37N5O2/c1-4-19(26,5-2)16-21-18(20-6-3)24-13-11-22(12-14-24)15-17(25)23-9-7-8-10-23/h26H,4-16H2,1-3H3,(H,20,21). The smallest absolute Gasteiger partial charge is 0.236 e. The lowest BCUT2D eigenvalue weighted by Crippen LogP contribution is -2.54. The minimum Gasteiger partial charge on any atom is -0.388 e. The van der Waals surface area contributed by atoms with Gasteiger partial charge >= 0.3 is 0 Å². The van der Waals surface area contributed by atoms with Crippen molar-refractivity contribution in [2.75, 3.05) is 58.9 Å². The van der Waals surface area contributed by atoms with Crippen LogP contribution in [0.2, 0.25) is 0 Å². The number of hydrogen-bond acceptors (Lipinski definition) is 4. The number of aliphatic hydroxyl groups is 1. The van der Waals surface area contributed by atoms with E-state index in [0.717, 1.165) is 64.6 Å². The second kappa shape index (κ2) is 10.1. The molecule has 0 saturated carbocycles. The van der Waals surface area contributed by atoms with Gasteiger partial charge in [0.05, 0.1) is 18.7 Å². The van der Waals surface area contributed by atoms with E-state index in [1.54, 1.807) is 0 Å². The molecule has 1 amide bonds. The van der Waals surface area contributed by atoms with Gasteiger partial charge in [0, 0.05) is 45.8 Å². The van der Waals surface area contributed by atoms with E-state index in [0.29, 0.717) is 25.9 Å². The minimum absolute atomic E-state index is 0.271. The van der Waals surface area contributed by atoms with Gasteiger partial charge in [-0.1, -0.05) is 13.8 Å². The van der Waals surface area contributed by atoms with E-state index in [9.17, 15) is 9.90 Å². The Bertz CT molecular complexity index is 465. The molecule has 2 N–H and O–H groups in total. The summed E-state index contributed by atoms with van der Waals surface area (Å²) in [5.74, 6) is 1.14. The van der Waals surface area contributed by atoms with E-state index in [2.05, 4.69) is 27.0 Å². The van der Waals surface area contributed by atoms with E-state index in [-0.39, 0.29) is 5.91 Å². The van der Waals surface area contributed by atoms with E-state index in [1.807, 2.05) is 18.7 Å². The highest BCUT2D eigenvalue weighted by molar-refractivity contribution is 5.80. The Morgan fingerprint density at radius 1 is 1.00 bits per heavy atom. The van der Waals surface area contributed by atoms with Crippen LogP contribution in [0.4, 0.5) is 0 Å². The molecule has 0 unspecified atom stereocenters. The fraction of sp³-hybridized carbons (Fsp3) is 0.895. The first-order valence-electron chi connectivity index (χ1n) is 10.3. The lowest BCUT2D eigenvalue weighted by molar-refractivity contribution is -0.131. The third-order valence-electron chi connectivity index (χ3n) is 5.66. The molecular weight excluding hydrogens is 330 g/mol. The van der Waals surface area contributed by atoms with Crippen molar-refractivity contribution in [3.05, 3.63) is 0 Å². The lowest BCUT2D eigenvalue weighted by Gasteiger charge is -2.37. The van der Waals surface area contributed by atoms with Crippen molar-refractivity contribution >= 4 is 11.9 Å². The molecule has 150 valence electrons. The van der Waals surface area contributed by atoms with Gasteiger partial charge in [0.2, 0.25) is 5.91 Å². The fourth-order valence-electron chi connectivity index (χ4n) is 3.50. The third-order valence-corrected chi connectivity index (χ3v) is 5.66. The summed E-state index contributed by atoms with van der Waals surface area (Å²) in [7, 11) is 0. The number of guanidine groups is 1. The molecule has 2 aliphatic rings. The number of carbonyl (C=O) groups is 1. The average Bonchev–Trinajstić information content (AvgIpc) is 3.20. The Balaban J connectivity index is 1.85. The predicted octanol–water partition coefficient (Wildman–Crippen LogP) is 0.743. The van der Waals surface area contributed by atoms with Crippen molar-refractivity contribution in [3.8, 4) is 0 Å². The molecule has 2 heterocycles. The summed E-state index contributed by atoms with van der Waals surface area (Å²) >= 11 is 0. The van der Waals surface area contributed by atoms with Crippen LogP contribution in [0.5, 0.6) is 0 Å². The van der Waals surface area contributed by atoms with Gasteiger partial charge < -0.3 is 20.2 Å². The van der Waals surface area contributed by atoms with E-state index >= 15 is 0 Å². The van der Waals surface area contributed by atoms with E-state index in [4.69, 9.17) is 0 Å². The normalized spacial score (nSPS) is 19.9. The molecule has 0 bridgehead atoms. The number of rotatable bonds is 7. The maximum atomic E-state index is 12.3. The van der Waals surface area contributed by atoms with Gasteiger partial charge in [0.25, 0.3) is 0 Å². The summed E-state index contributed by atoms with van der Waals surface area (Å²) in [6.45, 7) is 13.1. The zero-order valence-corrected chi connectivity index (χ0v) is 16.8. The van der Waals surface area contributed by atoms with Crippen molar-refractivity contribution < 1.29 is 9.90 Å². The zero-order valence-electron chi connectivity index (χ0n) is 16.8. The maximum absolute atomic E-state index is 12.3. The number of carbonyl (C=O) groups excluding carboxylic acids is 1. The number of hydrogen-bond donors (Lipinski definition) is 2. The van der Waals surface area contributed by atoms with Crippen molar-refractivity contribution in [1.82, 2.24) is 20.0 Å². The van der Waals surface area contributed by atoms with Crippen LogP contribution < -0.4 is 5.32 Å². The maximum Gasteiger partial charge on any atom is 0.236 e. The molecule has 7 nitrogen and oxygen atoms in total. The van der Waals surface area contributed by atoms with Crippen LogP contribution >= 0.6 is 0 Å². The molecule has 0 radical (unpaired) electrons. The van der Waals surface area contributed by atoms with Crippen LogP contribution in [0.25, 0.3) is 0 Å². The Hall–Kier alpha value is -1.34. The average molecular weight is 368 g/mol. The molecule has 26 heavy (non-hydrogen) atoms. The van der Waals surface area contributed by atoms with Crippen LogP contribution in [0.1, 0.15) is 46.5 Å². The summed E-state index contributed by atoms with van der Waals surface area (Å²) in [6.07, 6.45) is 3.70. The molecule has 7 heteroatoms. The summed E-state index contributed by atoms with van der Waals surface area (Å²) in [6, 6.07) is 0. The van der Waals surface area contributed by atoms with Crippen molar-refractivity contribution in [1.29, 1.82) is 0 Å². The molecular formula is C19H37N5O2. The molecule has 0 aromatic heterocycles. The second-order valence-corrected chi connectivity index (χ2v) is 7.45. The Labute approximate surface area is 158 Å². The zero-order chi connectivity index (χ0) is 19.0. The van der Waals surface area contributed by atoms with E-state index in [1.165, 1.54) is 0 Å². The molecule has 0 aromatic carbocycles. The number of amides is 1. The van der Waals surface area contributed by atoms with Gasteiger partial charge in [-0.05, 0) is 32.6 Å². The van der Waals surface area contributed by atoms with Gasteiger partial charge in [0.1, 0.15) is 0 Å². The molecule has 2 fully saturated rings. The van der Waals surface area contributed by atoms with Gasteiger partial charge in [-0.25, -0.2) is 0 Å². The first-order valence-corrected chi connectivity index (χ1v) is 10.3. The van der Waals surface area contributed by atoms with Crippen LogP contribution in [-0.4, -0.2) is 96.2 Å². The molecule has 2 rings (SSSR count). The molecule has 0 aliphatic carbocycles. The quantitative estimate of drug-likeness (QED) is 0.513. The van der Waals surface area contributed by atoms with Gasteiger partial charge in [0.15, 0.2) is 5.96 Å². The summed E-state index contributed by atoms with van der Waals surface area (Å²) in [5.41, 5.74) is -0.718. The first-order chi connectivity index (χ1) is 12.5. The minimum atomic E-state index is -0.718. The predicted molar refractivity (Wildman–Crippen MR) is 105 cm³/mol. The molecule has 0 aromatic rings. The Kier molecular flexibility index (Phi) is 8.15. The number of nitrogens with zero attached hydrogens (tertiary/aromatic N) is 4. The third kappa shape index (κ3) is 5.84. The van der Waals surface area contributed by atoms with E-state index < -0.39 is 5.60 Å². The number of likely N-dealkylation sites (tertiary alicyclic amines) is 1. The van der Waals surface area contributed by atoms with Crippen molar-refractivity contribution in [3.63, 3.8) is 0 Å². The fourth-order valence-corrected chi connectivity index (χ4v) is 3.50. The van der Waals surface area contributed by atoms with Gasteiger partial charge in [-0.3, -0.25) is 14.7 Å². The SMILES string of the molecule is CCNC(=NCC(O)(CC)CC)N1CCN(CC(=O)N2CCCC2)CC1. The highest BCUT2D eigenvalue weighted by atomic mass is 16.3. The van der Waals surface area contributed by atoms with Crippen molar-refractivity contribution in [2.45, 2.75) is 52.1 Å². The molecule has 0 spiro atoms. The number of piperazine rings is 1. The highest BCUT2D eigenvalue weighted by Crippen LogP contribution is 2.15. The van der Waals surface area contributed by atoms with Crippen LogP contribution in [0, 0.1) is 0 Å². The van der Waals surface area contributed by atoms with Crippen molar-refractivity contribution in [2.24, 2.45) is 4.99 Å². The van der Waals surface area contributed by atoms with Gasteiger partial charge in [-0.15, -0.1) is 0 Å². The molecule has 0 atom stereocenters. The molecule has 2 saturated heterocycles. The monoisotopic (exact) mass is 367 g/mol. The Morgan fingerprint density at radius 2 is 1.62 bits per heavy atom. The summed E-state index contributed by atoms with van der Waals surface area (Å²) in [4.78, 5) is 23.5. The topological polar surface area (TPSA) is 71.4 Å². The second-order valence-electron chi connectivity index (χ2n) is 7.45. The van der Waals surface area contributed by atoms with Crippen LogP contribution in [0.3, 0.4) is 0 Å². The Morgan fingerprint density at radius 3 is 2.15 bits per heavy atom. The highest BCUT2D eigenvalue weighted by Gasteiger charge is 2.26. The van der Waals surface area contributed by atoms with Gasteiger partial charge in [-0.2, -0.15) is 0 Å². The van der Waals surface area contributed by atoms with Crippen LogP contribution in [-0.2, 0) is 4.79 Å². The summed E-state index contributed by atoms with van der Waals surface area (Å²) < 4.78 is 0. The largest absolute Gasteiger partial charge is 0.388 e.